The molecule has 0 bridgehead atoms. The molecule has 0 aliphatic rings. The molecule has 0 amide bonds. The van der Waals surface area contributed by atoms with E-state index in [1.807, 2.05) is 0 Å². The highest BCUT2D eigenvalue weighted by Crippen LogP contribution is 2.49. The highest BCUT2D eigenvalue weighted by molar-refractivity contribution is 6.24. The van der Waals surface area contributed by atoms with Gasteiger partial charge in [0.05, 0.1) is 11.4 Å². The lowest BCUT2D eigenvalue weighted by Gasteiger charge is -2.31. The summed E-state index contributed by atoms with van der Waals surface area (Å²) in [6.07, 6.45) is 6.04. The van der Waals surface area contributed by atoms with Crippen molar-refractivity contribution in [3.63, 3.8) is 0 Å². The maximum absolute atomic E-state index is 2.49. The van der Waals surface area contributed by atoms with Crippen molar-refractivity contribution in [2.75, 3.05) is 9.80 Å². The van der Waals surface area contributed by atoms with Gasteiger partial charge in [0, 0.05) is 33.5 Å². The molecular formula is C89H92N2. The second kappa shape index (κ2) is 25.0. The molecule has 0 aliphatic heterocycles. The Hall–Kier alpha value is -8.98. The zero-order chi connectivity index (χ0) is 64.0. The first-order valence-electron chi connectivity index (χ1n) is 33.2. The summed E-state index contributed by atoms with van der Waals surface area (Å²) in [4.78, 5) is 4.98. The summed E-state index contributed by atoms with van der Waals surface area (Å²) in [5, 5.41) is 7.22. The van der Waals surface area contributed by atoms with Crippen molar-refractivity contribution in [1.29, 1.82) is 0 Å². The molecule has 12 aromatic carbocycles. The van der Waals surface area contributed by atoms with E-state index >= 15 is 0 Å². The number of benzene rings is 12. The SMILES string of the molecule is Cc1ccc(N(c2ccc(-c3ccc(-c4ccc(C(C)(C)CCCC(C)(C)C)cc4)cc3)cc2)c2cc3c4ccccc4c(N(c4ccc(-c5ccc(-c6ccc(C(C)(C)CCC(C)(C)C)cc6)cc5)cc4)c4ccc(C)cc4C)cc3c3ccccc23)c(C)c1. The molecule has 12 rings (SSSR count). The van der Waals surface area contributed by atoms with Gasteiger partial charge in [0.1, 0.15) is 0 Å². The molecule has 0 atom stereocenters. The molecule has 0 aliphatic carbocycles. The van der Waals surface area contributed by atoms with Gasteiger partial charge in [0.15, 0.2) is 0 Å². The minimum Gasteiger partial charge on any atom is -0.310 e. The Bertz CT molecular complexity index is 4550. The Balaban J connectivity index is 0.888. The van der Waals surface area contributed by atoms with Crippen molar-refractivity contribution in [2.45, 2.75) is 140 Å². The van der Waals surface area contributed by atoms with Crippen LogP contribution in [-0.4, -0.2) is 0 Å². The summed E-state index contributed by atoms with van der Waals surface area (Å²) >= 11 is 0. The zero-order valence-electron chi connectivity index (χ0n) is 56.5. The minimum absolute atomic E-state index is 0.129. The second-order valence-corrected chi connectivity index (χ2v) is 29.9. The summed E-state index contributed by atoms with van der Waals surface area (Å²) in [6, 6.07) is 91.9. The van der Waals surface area contributed by atoms with Gasteiger partial charge in [-0.05, 0) is 212 Å². The monoisotopic (exact) mass is 1190 g/mol. The normalized spacial score (nSPS) is 12.3. The van der Waals surface area contributed by atoms with Crippen LogP contribution in [-0.2, 0) is 10.8 Å². The van der Waals surface area contributed by atoms with E-state index in [0.29, 0.717) is 10.8 Å². The number of aryl methyl sites for hydroxylation is 4. The Labute approximate surface area is 544 Å². The summed E-state index contributed by atoms with van der Waals surface area (Å²) in [5.41, 5.74) is 25.2. The van der Waals surface area contributed by atoms with Gasteiger partial charge in [-0.3, -0.25) is 0 Å². The third-order valence-electron chi connectivity index (χ3n) is 19.4. The van der Waals surface area contributed by atoms with Gasteiger partial charge in [-0.1, -0.05) is 281 Å². The van der Waals surface area contributed by atoms with Crippen molar-refractivity contribution in [2.24, 2.45) is 10.8 Å². The number of hydrogen-bond acceptors (Lipinski definition) is 2. The van der Waals surface area contributed by atoms with Crippen LogP contribution in [0.15, 0.2) is 243 Å². The Morgan fingerprint density at radius 2 is 0.549 bits per heavy atom. The predicted octanol–water partition coefficient (Wildman–Crippen LogP) is 26.6. The molecule has 0 radical (unpaired) electrons. The lowest BCUT2D eigenvalue weighted by atomic mass is 9.76. The molecule has 0 unspecified atom stereocenters. The number of hydrogen-bond donors (Lipinski definition) is 0. The molecule has 0 spiro atoms. The lowest BCUT2D eigenvalue weighted by Crippen LogP contribution is -2.20. The van der Waals surface area contributed by atoms with Gasteiger partial charge >= 0.3 is 0 Å². The third kappa shape index (κ3) is 13.4. The molecule has 2 heteroatoms. The van der Waals surface area contributed by atoms with Crippen LogP contribution >= 0.6 is 0 Å². The Morgan fingerprint density at radius 3 is 0.868 bits per heavy atom. The van der Waals surface area contributed by atoms with Crippen molar-refractivity contribution in [3.8, 4) is 44.5 Å². The van der Waals surface area contributed by atoms with Crippen LogP contribution in [0, 0.1) is 38.5 Å². The smallest absolute Gasteiger partial charge is 0.0546 e. The first-order valence-corrected chi connectivity index (χ1v) is 33.2. The highest BCUT2D eigenvalue weighted by atomic mass is 15.2. The molecule has 0 aromatic heterocycles. The minimum atomic E-state index is 0.129. The summed E-state index contributed by atoms with van der Waals surface area (Å²) in [5.74, 6) is 0. The maximum Gasteiger partial charge on any atom is 0.0546 e. The molecule has 91 heavy (non-hydrogen) atoms. The van der Waals surface area contributed by atoms with E-state index in [0.717, 1.165) is 34.1 Å². The van der Waals surface area contributed by atoms with E-state index in [9.17, 15) is 0 Å². The highest BCUT2D eigenvalue weighted by Gasteiger charge is 2.27. The van der Waals surface area contributed by atoms with E-state index in [1.54, 1.807) is 0 Å². The Morgan fingerprint density at radius 1 is 0.253 bits per heavy atom. The van der Waals surface area contributed by atoms with E-state index in [-0.39, 0.29) is 10.8 Å². The number of anilines is 6. The van der Waals surface area contributed by atoms with E-state index in [2.05, 4.69) is 349 Å². The largest absolute Gasteiger partial charge is 0.310 e. The molecule has 458 valence electrons. The van der Waals surface area contributed by atoms with Crippen molar-refractivity contribution < 1.29 is 0 Å². The van der Waals surface area contributed by atoms with Gasteiger partial charge in [0.2, 0.25) is 0 Å². The van der Waals surface area contributed by atoms with Crippen LogP contribution in [0.2, 0.25) is 0 Å². The van der Waals surface area contributed by atoms with Crippen molar-refractivity contribution in [3.05, 3.63) is 276 Å². The fourth-order valence-corrected chi connectivity index (χ4v) is 13.8. The number of fused-ring (bicyclic) bond motifs is 5. The van der Waals surface area contributed by atoms with E-state index in [1.165, 1.54) is 142 Å². The van der Waals surface area contributed by atoms with Gasteiger partial charge in [-0.15, -0.1) is 0 Å². The van der Waals surface area contributed by atoms with Crippen molar-refractivity contribution in [1.82, 2.24) is 0 Å². The average Bonchev–Trinajstić information content (AvgIpc) is 0.731. The van der Waals surface area contributed by atoms with Crippen molar-refractivity contribution >= 4 is 66.4 Å². The molecule has 0 N–H and O–H groups in total. The van der Waals surface area contributed by atoms with Gasteiger partial charge < -0.3 is 9.80 Å². The van der Waals surface area contributed by atoms with Gasteiger partial charge in [0.25, 0.3) is 0 Å². The average molecular weight is 1190 g/mol. The van der Waals surface area contributed by atoms with Crippen LogP contribution in [0.3, 0.4) is 0 Å². The topological polar surface area (TPSA) is 6.48 Å². The summed E-state index contributed by atoms with van der Waals surface area (Å²) in [6.45, 7) is 32.5. The lowest BCUT2D eigenvalue weighted by molar-refractivity contribution is 0.315. The predicted molar refractivity (Wildman–Crippen MR) is 397 cm³/mol. The van der Waals surface area contributed by atoms with E-state index in [4.69, 9.17) is 0 Å². The number of rotatable bonds is 17. The first kappa shape index (κ1) is 62.2. The maximum atomic E-state index is 2.49. The van der Waals surface area contributed by atoms with Gasteiger partial charge in [-0.25, -0.2) is 0 Å². The molecular weight excluding hydrogens is 1100 g/mol. The van der Waals surface area contributed by atoms with Crippen LogP contribution < -0.4 is 9.80 Å². The third-order valence-corrected chi connectivity index (χ3v) is 19.4. The molecule has 0 fully saturated rings. The van der Waals surface area contributed by atoms with Crippen LogP contribution in [0.1, 0.15) is 135 Å². The molecule has 2 nitrogen and oxygen atoms in total. The fraction of sp³-hybridized carbons (Fsp3) is 0.258. The first-order chi connectivity index (χ1) is 43.5. The van der Waals surface area contributed by atoms with E-state index < -0.39 is 0 Å². The standard InChI is InChI=1S/C89H92N2/c1-60-24-50-82(62(3)56-60)90(74-46-38-70(39-47-74)66-30-26-64(27-31-66)68-34-42-72(43-35-68)88(11,12)53-19-52-86(5,6)7)84-58-80-77-21-16-18-23-79(77)85(59-81(80)76-20-15-17-22-78(76)84)91(83-51-25-61(2)57-63(83)4)75-48-40-71(41-49-75)67-32-28-65(29-33-67)69-36-44-73(45-37-69)89(13,14)55-54-87(8,9)10/h15-18,20-51,56-59H,19,52-55H2,1-14H3. The molecule has 0 heterocycles. The summed E-state index contributed by atoms with van der Waals surface area (Å²) in [7, 11) is 0. The number of nitrogens with zero attached hydrogens (tertiary/aromatic N) is 2. The summed E-state index contributed by atoms with van der Waals surface area (Å²) < 4.78 is 0. The second-order valence-electron chi connectivity index (χ2n) is 29.9. The molecule has 0 saturated heterocycles. The van der Waals surface area contributed by atoms with Crippen LogP contribution in [0.4, 0.5) is 34.1 Å². The van der Waals surface area contributed by atoms with Crippen LogP contribution in [0.5, 0.6) is 0 Å². The van der Waals surface area contributed by atoms with Gasteiger partial charge in [-0.2, -0.15) is 0 Å². The zero-order valence-corrected chi connectivity index (χ0v) is 56.5. The quantitative estimate of drug-likeness (QED) is 0.0839. The van der Waals surface area contributed by atoms with Crippen LogP contribution in [0.25, 0.3) is 76.8 Å². The molecule has 12 aromatic rings. The fourth-order valence-electron chi connectivity index (χ4n) is 13.8. The Kier molecular flexibility index (Phi) is 17.1. The molecule has 0 saturated carbocycles.